The van der Waals surface area contributed by atoms with Gasteiger partial charge in [-0.1, -0.05) is 0 Å². The summed E-state index contributed by atoms with van der Waals surface area (Å²) in [5.41, 5.74) is 1.15. The van der Waals surface area contributed by atoms with Crippen LogP contribution in [0.2, 0.25) is 0 Å². The fourth-order valence-corrected chi connectivity index (χ4v) is 0.792. The van der Waals surface area contributed by atoms with E-state index in [4.69, 9.17) is 0 Å². The van der Waals surface area contributed by atoms with Gasteiger partial charge in [-0.2, -0.15) is 0 Å². The van der Waals surface area contributed by atoms with E-state index >= 15 is 0 Å². The van der Waals surface area contributed by atoms with Gasteiger partial charge in [0.05, 0.1) is 0 Å². The Morgan fingerprint density at radius 1 is 1.22 bits per heavy atom. The molecule has 0 nitrogen and oxygen atoms in total. The van der Waals surface area contributed by atoms with Gasteiger partial charge < -0.3 is 0 Å². The van der Waals surface area contributed by atoms with Gasteiger partial charge in [0.15, 0.2) is 0 Å². The molecule has 1 aromatic carbocycles. The second-order valence-electron chi connectivity index (χ2n) is 1.66. The van der Waals surface area contributed by atoms with Crippen LogP contribution in [0.4, 0.5) is 0 Å². The third-order valence-electron chi connectivity index (χ3n) is 1.02. The van der Waals surface area contributed by atoms with E-state index in [1.807, 2.05) is 36.4 Å². The first-order valence-corrected chi connectivity index (χ1v) is 3.22. The Morgan fingerprint density at radius 2 is 1.89 bits per heavy atom. The van der Waals surface area contributed by atoms with Gasteiger partial charge in [-0.05, 0) is 0 Å². The minimum atomic E-state index is 1.15. The molecule has 0 amide bonds. The molecule has 0 aromatic heterocycles. The van der Waals surface area contributed by atoms with Gasteiger partial charge in [0.25, 0.3) is 0 Å². The molecule has 0 saturated carbocycles. The summed E-state index contributed by atoms with van der Waals surface area (Å²) >= 11 is 3.48. The summed E-state index contributed by atoms with van der Waals surface area (Å²) in [6.45, 7) is 0. The fraction of sp³-hybridized carbons (Fsp3) is 0. The van der Waals surface area contributed by atoms with Gasteiger partial charge in [-0.3, -0.25) is 0 Å². The standard InChI is InChI=1S/C8H6.Fe/c1-2-8-6-4-3-5-7-8;/h2-7H;/q;+1. The van der Waals surface area contributed by atoms with Crippen molar-refractivity contribution in [2.75, 3.05) is 0 Å². The van der Waals surface area contributed by atoms with Gasteiger partial charge in [0, 0.05) is 0 Å². The Bertz CT molecular complexity index is 220. The first-order valence-electron chi connectivity index (χ1n) is 2.66. The second kappa shape index (κ2) is 3.42. The second-order valence-corrected chi connectivity index (χ2v) is 1.98. The van der Waals surface area contributed by atoms with Crippen LogP contribution in [-0.2, 0) is 15.6 Å². The van der Waals surface area contributed by atoms with Crippen molar-refractivity contribution in [3.05, 3.63) is 35.9 Å². The zero-order valence-electron chi connectivity index (χ0n) is 4.82. The molecule has 0 bridgehead atoms. The first-order chi connectivity index (χ1) is 4.43. The van der Waals surface area contributed by atoms with E-state index in [-0.39, 0.29) is 0 Å². The summed E-state index contributed by atoms with van der Waals surface area (Å²) in [6, 6.07) is 9.99. The Morgan fingerprint density at radius 3 is 2.44 bits per heavy atom. The van der Waals surface area contributed by atoms with E-state index in [0.717, 1.165) is 5.56 Å². The van der Waals surface area contributed by atoms with Gasteiger partial charge in [-0.25, -0.2) is 0 Å². The minimum absolute atomic E-state index is 1.15. The molecule has 0 fully saturated rings. The van der Waals surface area contributed by atoms with E-state index in [0.29, 0.717) is 0 Å². The Kier molecular flexibility index (Phi) is 2.47. The van der Waals surface area contributed by atoms with Crippen LogP contribution in [0, 0.1) is 0 Å². The van der Waals surface area contributed by atoms with E-state index in [2.05, 4.69) is 20.2 Å². The van der Waals surface area contributed by atoms with E-state index in [1.54, 1.807) is 0 Å². The molecule has 0 atom stereocenters. The van der Waals surface area contributed by atoms with Gasteiger partial charge in [0.2, 0.25) is 0 Å². The average molecular weight is 158 g/mol. The molecule has 9 heavy (non-hydrogen) atoms. The van der Waals surface area contributed by atoms with Crippen LogP contribution in [0.1, 0.15) is 5.56 Å². The fourth-order valence-electron chi connectivity index (χ4n) is 0.608. The van der Waals surface area contributed by atoms with Crippen LogP contribution in [-0.4, -0.2) is 4.58 Å². The summed E-state index contributed by atoms with van der Waals surface area (Å²) in [7, 11) is 0. The van der Waals surface area contributed by atoms with Crippen molar-refractivity contribution >= 4 is 10.7 Å². The van der Waals surface area contributed by atoms with Crippen molar-refractivity contribution in [3.8, 4) is 0 Å². The molecule has 0 aliphatic heterocycles. The van der Waals surface area contributed by atoms with Crippen LogP contribution in [0.15, 0.2) is 30.3 Å². The molecule has 1 aromatic rings. The molecule has 0 aliphatic carbocycles. The van der Waals surface area contributed by atoms with Crippen LogP contribution >= 0.6 is 0 Å². The van der Waals surface area contributed by atoms with Crippen LogP contribution in [0.25, 0.3) is 6.08 Å². The maximum absolute atomic E-state index is 3.48. The summed E-state index contributed by atoms with van der Waals surface area (Å²) in [6.07, 6.45) is 1.85. The van der Waals surface area contributed by atoms with Crippen LogP contribution < -0.4 is 0 Å². The van der Waals surface area contributed by atoms with Crippen molar-refractivity contribution in [1.29, 1.82) is 0 Å². The number of hydrogen-bond acceptors (Lipinski definition) is 0. The molecular formula is C8H6Fe+. The monoisotopic (exact) mass is 158 g/mol. The average Bonchev–Trinajstić information content (AvgIpc) is 1.91. The van der Waals surface area contributed by atoms with Gasteiger partial charge in [-0.15, -0.1) is 0 Å². The van der Waals surface area contributed by atoms with Gasteiger partial charge >= 0.3 is 62.1 Å². The third kappa shape index (κ3) is 1.99. The Balaban J connectivity index is 2.97. The van der Waals surface area contributed by atoms with Crippen molar-refractivity contribution in [1.82, 2.24) is 0 Å². The summed E-state index contributed by atoms with van der Waals surface area (Å²) in [5, 5.41) is 0. The van der Waals surface area contributed by atoms with Gasteiger partial charge in [0.1, 0.15) is 0 Å². The Labute approximate surface area is 62.6 Å². The number of rotatable bonds is 1. The topological polar surface area (TPSA) is 0 Å². The molecule has 45 valence electrons. The van der Waals surface area contributed by atoms with E-state index < -0.39 is 0 Å². The van der Waals surface area contributed by atoms with Crippen molar-refractivity contribution in [3.63, 3.8) is 0 Å². The molecule has 0 saturated heterocycles. The molecule has 0 N–H and O–H groups in total. The molecule has 0 unspecified atom stereocenters. The normalized spacial score (nSPS) is 8.00. The quantitative estimate of drug-likeness (QED) is 0.545. The zero-order valence-corrected chi connectivity index (χ0v) is 5.92. The third-order valence-corrected chi connectivity index (χ3v) is 1.18. The van der Waals surface area contributed by atoms with E-state index in [1.165, 1.54) is 0 Å². The molecule has 0 spiro atoms. The number of hydrogen-bond donors (Lipinski definition) is 0. The first kappa shape index (κ1) is 6.51. The van der Waals surface area contributed by atoms with E-state index in [9.17, 15) is 0 Å². The summed E-state index contributed by atoms with van der Waals surface area (Å²) in [5.74, 6) is 0. The van der Waals surface area contributed by atoms with Crippen molar-refractivity contribution in [2.45, 2.75) is 0 Å². The predicted molar refractivity (Wildman–Crippen MR) is 35.9 cm³/mol. The van der Waals surface area contributed by atoms with Crippen molar-refractivity contribution < 1.29 is 15.6 Å². The van der Waals surface area contributed by atoms with Crippen molar-refractivity contribution in [2.24, 2.45) is 0 Å². The maximum atomic E-state index is 3.48. The number of benzene rings is 1. The van der Waals surface area contributed by atoms with Crippen LogP contribution in [0.5, 0.6) is 0 Å². The predicted octanol–water partition coefficient (Wildman–Crippen LogP) is 1.65. The molecule has 0 heterocycles. The molecule has 0 radical (unpaired) electrons. The summed E-state index contributed by atoms with van der Waals surface area (Å²) in [4.78, 5) is 0. The zero-order chi connectivity index (χ0) is 6.53. The molecular weight excluding hydrogens is 152 g/mol. The Hall–Kier alpha value is -0.611. The molecule has 1 heteroatoms. The molecule has 0 aliphatic rings. The molecule has 1 rings (SSSR count). The SMILES string of the molecule is [Fe+]=[C]=Cc1ccccc1. The summed E-state index contributed by atoms with van der Waals surface area (Å²) < 4.78 is 2.71. The van der Waals surface area contributed by atoms with Crippen LogP contribution in [0.3, 0.4) is 0 Å².